The molecule has 1 aliphatic rings. The molecule has 17 heavy (non-hydrogen) atoms. The van der Waals surface area contributed by atoms with Crippen molar-refractivity contribution in [1.82, 2.24) is 0 Å². The minimum absolute atomic E-state index is 0.172. The first-order valence-corrected chi connectivity index (χ1v) is 6.18. The average Bonchev–Trinajstić information content (AvgIpc) is 2.82. The van der Waals surface area contributed by atoms with Crippen LogP contribution < -0.4 is 5.73 Å². The molecule has 1 saturated heterocycles. The molecule has 3 nitrogen and oxygen atoms in total. The lowest BCUT2D eigenvalue weighted by atomic mass is 9.98. The number of ether oxygens (including phenoxy) is 1. The lowest BCUT2D eigenvalue weighted by Crippen LogP contribution is -2.10. The van der Waals surface area contributed by atoms with Gasteiger partial charge in [0.05, 0.1) is 6.10 Å². The topological polar surface area (TPSA) is 52.3 Å². The summed E-state index contributed by atoms with van der Waals surface area (Å²) in [7, 11) is 0. The number of rotatable bonds is 4. The second kappa shape index (κ2) is 5.32. The van der Waals surface area contributed by atoms with Gasteiger partial charge in [0.15, 0.2) is 5.78 Å². The minimum atomic E-state index is 0.172. The molecule has 0 amide bonds. The van der Waals surface area contributed by atoms with Crippen LogP contribution in [0.15, 0.2) is 18.2 Å². The third-order valence-electron chi connectivity index (χ3n) is 3.39. The van der Waals surface area contributed by atoms with Crippen LogP contribution in [0.1, 0.15) is 41.6 Å². The van der Waals surface area contributed by atoms with Gasteiger partial charge < -0.3 is 10.5 Å². The molecule has 0 aromatic heterocycles. The van der Waals surface area contributed by atoms with Gasteiger partial charge in [-0.3, -0.25) is 4.79 Å². The zero-order valence-electron chi connectivity index (χ0n) is 10.2. The number of carbonyl (C=O) groups is 1. The minimum Gasteiger partial charge on any atom is -0.398 e. The van der Waals surface area contributed by atoms with Gasteiger partial charge in [0.2, 0.25) is 0 Å². The van der Waals surface area contributed by atoms with E-state index in [4.69, 9.17) is 10.5 Å². The van der Waals surface area contributed by atoms with E-state index in [1.807, 2.05) is 25.1 Å². The van der Waals surface area contributed by atoms with Gasteiger partial charge in [-0.25, -0.2) is 0 Å². The summed E-state index contributed by atoms with van der Waals surface area (Å²) in [5, 5.41) is 0. The maximum atomic E-state index is 12.1. The molecule has 1 fully saturated rings. The number of Topliss-reactive ketones (excluding diaryl/α,β-unsaturated/α-hetero) is 1. The summed E-state index contributed by atoms with van der Waals surface area (Å²) in [5.74, 6) is 0.172. The fraction of sp³-hybridized carbons (Fsp3) is 0.500. The Kier molecular flexibility index (Phi) is 3.79. The highest BCUT2D eigenvalue weighted by molar-refractivity contribution is 5.98. The number of nitrogen functional groups attached to an aromatic ring is 1. The van der Waals surface area contributed by atoms with Gasteiger partial charge >= 0.3 is 0 Å². The Balaban J connectivity index is 1.97. The van der Waals surface area contributed by atoms with Crippen LogP contribution in [0.2, 0.25) is 0 Å². The highest BCUT2D eigenvalue weighted by Crippen LogP contribution is 2.21. The van der Waals surface area contributed by atoms with E-state index in [9.17, 15) is 4.79 Å². The molecule has 0 aliphatic carbocycles. The SMILES string of the molecule is Cc1c(N)cccc1C(=O)CCC1CCCO1. The highest BCUT2D eigenvalue weighted by Gasteiger charge is 2.18. The Hall–Kier alpha value is -1.35. The molecule has 1 unspecified atom stereocenters. The van der Waals surface area contributed by atoms with Crippen molar-refractivity contribution in [2.24, 2.45) is 0 Å². The molecule has 1 aliphatic heterocycles. The Morgan fingerprint density at radius 2 is 2.35 bits per heavy atom. The molecule has 1 aromatic rings. The smallest absolute Gasteiger partial charge is 0.163 e. The summed E-state index contributed by atoms with van der Waals surface area (Å²) >= 11 is 0. The van der Waals surface area contributed by atoms with E-state index < -0.39 is 0 Å². The zero-order chi connectivity index (χ0) is 12.3. The molecule has 1 heterocycles. The van der Waals surface area contributed by atoms with Gasteiger partial charge in [0.1, 0.15) is 0 Å². The standard InChI is InChI=1S/C14H19NO2/c1-10-12(5-2-6-13(10)15)14(16)8-7-11-4-3-9-17-11/h2,5-6,11H,3-4,7-9,15H2,1H3. The molecule has 3 heteroatoms. The van der Waals surface area contributed by atoms with Crippen LogP contribution in [-0.4, -0.2) is 18.5 Å². The van der Waals surface area contributed by atoms with Crippen molar-refractivity contribution in [3.8, 4) is 0 Å². The highest BCUT2D eigenvalue weighted by atomic mass is 16.5. The Bertz CT molecular complexity index is 409. The number of nitrogens with two attached hydrogens (primary N) is 1. The first-order valence-electron chi connectivity index (χ1n) is 6.18. The van der Waals surface area contributed by atoms with Gasteiger partial charge in [-0.1, -0.05) is 12.1 Å². The zero-order valence-corrected chi connectivity index (χ0v) is 10.2. The second-order valence-electron chi connectivity index (χ2n) is 4.62. The molecule has 0 spiro atoms. The monoisotopic (exact) mass is 233 g/mol. The van der Waals surface area contributed by atoms with E-state index in [1.54, 1.807) is 0 Å². The van der Waals surface area contributed by atoms with Crippen LogP contribution in [0.3, 0.4) is 0 Å². The van der Waals surface area contributed by atoms with Crippen molar-refractivity contribution in [1.29, 1.82) is 0 Å². The van der Waals surface area contributed by atoms with Crippen molar-refractivity contribution in [2.75, 3.05) is 12.3 Å². The number of hydrogen-bond donors (Lipinski definition) is 1. The molecular weight excluding hydrogens is 214 g/mol. The van der Waals surface area contributed by atoms with E-state index in [1.165, 1.54) is 0 Å². The summed E-state index contributed by atoms with van der Waals surface area (Å²) in [4.78, 5) is 12.1. The van der Waals surface area contributed by atoms with E-state index in [2.05, 4.69) is 0 Å². The summed E-state index contributed by atoms with van der Waals surface area (Å²) in [6, 6.07) is 5.51. The Morgan fingerprint density at radius 3 is 3.06 bits per heavy atom. The summed E-state index contributed by atoms with van der Waals surface area (Å²) in [6.45, 7) is 2.74. The predicted octanol–water partition coefficient (Wildman–Crippen LogP) is 2.72. The molecule has 0 bridgehead atoms. The fourth-order valence-electron chi connectivity index (χ4n) is 2.25. The summed E-state index contributed by atoms with van der Waals surface area (Å²) in [6.07, 6.45) is 3.86. The van der Waals surface area contributed by atoms with Gasteiger partial charge in [0.25, 0.3) is 0 Å². The maximum Gasteiger partial charge on any atom is 0.163 e. The Labute approximate surface area is 102 Å². The first-order chi connectivity index (χ1) is 8.18. The van der Waals surface area contributed by atoms with Gasteiger partial charge in [-0.2, -0.15) is 0 Å². The molecular formula is C14H19NO2. The Morgan fingerprint density at radius 1 is 1.53 bits per heavy atom. The molecule has 1 atom stereocenters. The molecule has 1 aromatic carbocycles. The number of ketones is 1. The number of hydrogen-bond acceptors (Lipinski definition) is 3. The summed E-state index contributed by atoms with van der Waals surface area (Å²) < 4.78 is 5.52. The average molecular weight is 233 g/mol. The fourth-order valence-corrected chi connectivity index (χ4v) is 2.25. The van der Waals surface area contributed by atoms with Crippen LogP contribution in [0.4, 0.5) is 5.69 Å². The number of benzene rings is 1. The molecule has 92 valence electrons. The van der Waals surface area contributed by atoms with E-state index >= 15 is 0 Å². The molecule has 0 saturated carbocycles. The van der Waals surface area contributed by atoms with Crippen LogP contribution in [0, 0.1) is 6.92 Å². The largest absolute Gasteiger partial charge is 0.398 e. The van der Waals surface area contributed by atoms with Gasteiger partial charge in [-0.05, 0) is 37.8 Å². The van der Waals surface area contributed by atoms with Gasteiger partial charge in [0, 0.05) is 24.3 Å². The molecule has 2 rings (SSSR count). The lowest BCUT2D eigenvalue weighted by Gasteiger charge is -2.10. The maximum absolute atomic E-state index is 12.1. The van der Waals surface area contributed by atoms with Crippen LogP contribution in [-0.2, 0) is 4.74 Å². The first kappa shape index (κ1) is 12.1. The quantitative estimate of drug-likeness (QED) is 0.642. The molecule has 0 radical (unpaired) electrons. The van der Waals surface area contributed by atoms with Crippen molar-refractivity contribution < 1.29 is 9.53 Å². The van der Waals surface area contributed by atoms with E-state index in [0.29, 0.717) is 12.1 Å². The van der Waals surface area contributed by atoms with E-state index in [-0.39, 0.29) is 11.9 Å². The number of anilines is 1. The van der Waals surface area contributed by atoms with E-state index in [0.717, 1.165) is 37.0 Å². The molecule has 2 N–H and O–H groups in total. The van der Waals surface area contributed by atoms with Crippen molar-refractivity contribution in [3.05, 3.63) is 29.3 Å². The van der Waals surface area contributed by atoms with Crippen LogP contribution in [0.5, 0.6) is 0 Å². The normalized spacial score (nSPS) is 19.5. The lowest BCUT2D eigenvalue weighted by molar-refractivity contribution is 0.0859. The number of carbonyl (C=O) groups excluding carboxylic acids is 1. The van der Waals surface area contributed by atoms with Crippen LogP contribution in [0.25, 0.3) is 0 Å². The van der Waals surface area contributed by atoms with Gasteiger partial charge in [-0.15, -0.1) is 0 Å². The van der Waals surface area contributed by atoms with Crippen molar-refractivity contribution in [2.45, 2.75) is 38.7 Å². The van der Waals surface area contributed by atoms with Crippen molar-refractivity contribution >= 4 is 11.5 Å². The third-order valence-corrected chi connectivity index (χ3v) is 3.39. The van der Waals surface area contributed by atoms with Crippen molar-refractivity contribution in [3.63, 3.8) is 0 Å². The summed E-state index contributed by atoms with van der Waals surface area (Å²) in [5.41, 5.74) is 8.13. The predicted molar refractivity (Wildman–Crippen MR) is 68.1 cm³/mol. The third kappa shape index (κ3) is 2.86. The second-order valence-corrected chi connectivity index (χ2v) is 4.62. The van der Waals surface area contributed by atoms with Crippen LogP contribution >= 0.6 is 0 Å².